The Morgan fingerprint density at radius 2 is 2.41 bits per heavy atom. The Balaban J connectivity index is 1.60. The van der Waals surface area contributed by atoms with Gasteiger partial charge in [-0.05, 0) is 36.2 Å². The van der Waals surface area contributed by atoms with Gasteiger partial charge in [-0.1, -0.05) is 0 Å². The van der Waals surface area contributed by atoms with Crippen LogP contribution in [0.4, 0.5) is 4.79 Å². The molecule has 22 heavy (non-hydrogen) atoms. The predicted octanol–water partition coefficient (Wildman–Crippen LogP) is 3.18. The second kappa shape index (κ2) is 6.76. The molecule has 2 aromatic rings. The summed E-state index contributed by atoms with van der Waals surface area (Å²) in [6.07, 6.45) is 0.000399. The standard InChI is InChI=1S/C15H19N3O2S2/c1-10-6-18(7-13(20-10)12-3-4-21-8-12)15(19)16-5-14-11(2)17-9-22-14/h3-4,8-10,13H,5-7H2,1-2H3,(H,16,19)/t10-,13-/m0/s1. The van der Waals surface area contributed by atoms with E-state index in [0.29, 0.717) is 19.6 Å². The van der Waals surface area contributed by atoms with Gasteiger partial charge in [0.25, 0.3) is 0 Å². The minimum atomic E-state index is -0.0387. The number of carbonyl (C=O) groups is 1. The monoisotopic (exact) mass is 337 g/mol. The summed E-state index contributed by atoms with van der Waals surface area (Å²) in [4.78, 5) is 19.6. The first kappa shape index (κ1) is 15.5. The number of aromatic nitrogens is 1. The van der Waals surface area contributed by atoms with Crippen LogP contribution in [0, 0.1) is 6.92 Å². The largest absolute Gasteiger partial charge is 0.367 e. The maximum Gasteiger partial charge on any atom is 0.317 e. The second-order valence-corrected chi connectivity index (χ2v) is 7.14. The number of nitrogens with zero attached hydrogens (tertiary/aromatic N) is 2. The first-order valence-electron chi connectivity index (χ1n) is 7.22. The van der Waals surface area contributed by atoms with E-state index in [1.807, 2.05) is 24.1 Å². The highest BCUT2D eigenvalue weighted by Gasteiger charge is 2.29. The molecule has 2 aromatic heterocycles. The van der Waals surface area contributed by atoms with Crippen LogP contribution in [0.3, 0.4) is 0 Å². The van der Waals surface area contributed by atoms with Crippen molar-refractivity contribution in [2.75, 3.05) is 13.1 Å². The number of nitrogens with one attached hydrogen (secondary N) is 1. The summed E-state index contributed by atoms with van der Waals surface area (Å²) in [5, 5.41) is 7.11. The van der Waals surface area contributed by atoms with Gasteiger partial charge in [0.05, 0.1) is 30.4 Å². The number of ether oxygens (including phenoxy) is 1. The second-order valence-electron chi connectivity index (χ2n) is 5.42. The van der Waals surface area contributed by atoms with Gasteiger partial charge in [-0.15, -0.1) is 11.3 Å². The smallest absolute Gasteiger partial charge is 0.317 e. The molecule has 5 nitrogen and oxygen atoms in total. The molecule has 1 aliphatic heterocycles. The molecule has 0 spiro atoms. The van der Waals surface area contributed by atoms with Gasteiger partial charge in [0.2, 0.25) is 0 Å². The zero-order chi connectivity index (χ0) is 15.5. The Hall–Kier alpha value is -1.44. The Bertz CT molecular complexity index is 627. The molecule has 0 aliphatic carbocycles. The summed E-state index contributed by atoms with van der Waals surface area (Å²) in [5.41, 5.74) is 3.93. The average molecular weight is 337 g/mol. The van der Waals surface area contributed by atoms with E-state index in [2.05, 4.69) is 21.7 Å². The van der Waals surface area contributed by atoms with Gasteiger partial charge < -0.3 is 15.0 Å². The normalized spacial score (nSPS) is 21.8. The van der Waals surface area contributed by atoms with Crippen molar-refractivity contribution in [1.29, 1.82) is 0 Å². The number of rotatable bonds is 3. The lowest BCUT2D eigenvalue weighted by Crippen LogP contribution is -2.49. The van der Waals surface area contributed by atoms with Crippen LogP contribution in [0.5, 0.6) is 0 Å². The molecular weight excluding hydrogens is 318 g/mol. The van der Waals surface area contributed by atoms with Crippen molar-refractivity contribution in [2.45, 2.75) is 32.6 Å². The van der Waals surface area contributed by atoms with Crippen molar-refractivity contribution < 1.29 is 9.53 Å². The molecule has 0 unspecified atom stereocenters. The molecule has 0 radical (unpaired) electrons. The summed E-state index contributed by atoms with van der Waals surface area (Å²) in [7, 11) is 0. The van der Waals surface area contributed by atoms with E-state index in [4.69, 9.17) is 4.74 Å². The summed E-state index contributed by atoms with van der Waals surface area (Å²) >= 11 is 3.22. The van der Waals surface area contributed by atoms with Gasteiger partial charge >= 0.3 is 6.03 Å². The Kier molecular flexibility index (Phi) is 4.75. The molecule has 2 amide bonds. The number of morpholine rings is 1. The highest BCUT2D eigenvalue weighted by molar-refractivity contribution is 7.09. The first-order valence-corrected chi connectivity index (χ1v) is 9.05. The fourth-order valence-corrected chi connectivity index (χ4v) is 3.94. The SMILES string of the molecule is Cc1ncsc1CNC(=O)N1C[C@@H](c2ccsc2)O[C@@H](C)C1. The van der Waals surface area contributed by atoms with Crippen molar-refractivity contribution >= 4 is 28.7 Å². The van der Waals surface area contributed by atoms with Crippen LogP contribution < -0.4 is 5.32 Å². The molecule has 2 atom stereocenters. The molecular formula is C15H19N3O2S2. The Labute approximate surface area is 137 Å². The maximum atomic E-state index is 12.4. The third-order valence-corrected chi connectivity index (χ3v) is 5.34. The van der Waals surface area contributed by atoms with Crippen LogP contribution in [0.15, 0.2) is 22.3 Å². The first-order chi connectivity index (χ1) is 10.6. The molecule has 7 heteroatoms. The molecule has 0 bridgehead atoms. The van der Waals surface area contributed by atoms with E-state index >= 15 is 0 Å². The van der Waals surface area contributed by atoms with E-state index < -0.39 is 0 Å². The lowest BCUT2D eigenvalue weighted by atomic mass is 10.1. The fourth-order valence-electron chi connectivity index (χ4n) is 2.52. The molecule has 1 N–H and O–H groups in total. The van der Waals surface area contributed by atoms with Crippen LogP contribution in [-0.2, 0) is 11.3 Å². The number of thiazole rings is 1. The van der Waals surface area contributed by atoms with Gasteiger partial charge in [-0.3, -0.25) is 0 Å². The topological polar surface area (TPSA) is 54.5 Å². The van der Waals surface area contributed by atoms with Gasteiger partial charge in [-0.25, -0.2) is 9.78 Å². The predicted molar refractivity (Wildman–Crippen MR) is 88.3 cm³/mol. The van der Waals surface area contributed by atoms with Gasteiger partial charge in [-0.2, -0.15) is 11.3 Å². The molecule has 3 heterocycles. The summed E-state index contributed by atoms with van der Waals surface area (Å²) in [6, 6.07) is 2.02. The highest BCUT2D eigenvalue weighted by atomic mass is 32.1. The molecule has 1 aliphatic rings. The summed E-state index contributed by atoms with van der Waals surface area (Å²) < 4.78 is 5.96. The van der Waals surface area contributed by atoms with Crippen LogP contribution in [-0.4, -0.2) is 35.1 Å². The molecule has 0 saturated carbocycles. The van der Waals surface area contributed by atoms with E-state index in [9.17, 15) is 4.79 Å². The molecule has 3 rings (SSSR count). The van der Waals surface area contributed by atoms with E-state index in [1.54, 1.807) is 28.2 Å². The zero-order valence-electron chi connectivity index (χ0n) is 12.6. The maximum absolute atomic E-state index is 12.4. The number of hydrogen-bond acceptors (Lipinski definition) is 5. The van der Waals surface area contributed by atoms with Crippen molar-refractivity contribution in [1.82, 2.24) is 15.2 Å². The quantitative estimate of drug-likeness (QED) is 0.936. The minimum absolute atomic E-state index is 0.0362. The third kappa shape index (κ3) is 3.48. The van der Waals surface area contributed by atoms with Crippen LogP contribution >= 0.6 is 22.7 Å². The Morgan fingerprint density at radius 3 is 3.09 bits per heavy atom. The van der Waals surface area contributed by atoms with E-state index in [-0.39, 0.29) is 18.2 Å². The van der Waals surface area contributed by atoms with Crippen LogP contribution in [0.1, 0.15) is 29.2 Å². The van der Waals surface area contributed by atoms with Crippen molar-refractivity contribution in [3.8, 4) is 0 Å². The van der Waals surface area contributed by atoms with Gasteiger partial charge in [0.1, 0.15) is 6.10 Å². The highest BCUT2D eigenvalue weighted by Crippen LogP contribution is 2.26. The van der Waals surface area contributed by atoms with Crippen molar-refractivity contribution in [3.63, 3.8) is 0 Å². The molecule has 118 valence electrons. The van der Waals surface area contributed by atoms with Gasteiger partial charge in [0.15, 0.2) is 0 Å². The van der Waals surface area contributed by atoms with E-state index in [1.165, 1.54) is 0 Å². The number of carbonyl (C=O) groups excluding carboxylic acids is 1. The summed E-state index contributed by atoms with van der Waals surface area (Å²) in [5.74, 6) is 0. The van der Waals surface area contributed by atoms with Crippen molar-refractivity contribution in [2.24, 2.45) is 0 Å². The number of urea groups is 1. The minimum Gasteiger partial charge on any atom is -0.367 e. The zero-order valence-corrected chi connectivity index (χ0v) is 14.2. The molecule has 0 aromatic carbocycles. The molecule has 1 fully saturated rings. The molecule has 1 saturated heterocycles. The lowest BCUT2D eigenvalue weighted by Gasteiger charge is -2.36. The number of hydrogen-bond donors (Lipinski definition) is 1. The van der Waals surface area contributed by atoms with Gasteiger partial charge in [0, 0.05) is 11.4 Å². The Morgan fingerprint density at radius 1 is 1.55 bits per heavy atom. The number of thiophene rings is 1. The summed E-state index contributed by atoms with van der Waals surface area (Å²) in [6.45, 7) is 5.71. The number of aryl methyl sites for hydroxylation is 1. The van der Waals surface area contributed by atoms with Crippen molar-refractivity contribution in [3.05, 3.63) is 38.5 Å². The lowest BCUT2D eigenvalue weighted by molar-refractivity contribution is -0.0655. The van der Waals surface area contributed by atoms with Crippen LogP contribution in [0.25, 0.3) is 0 Å². The fraction of sp³-hybridized carbons (Fsp3) is 0.467. The average Bonchev–Trinajstić information content (AvgIpc) is 3.15. The van der Waals surface area contributed by atoms with Crippen LogP contribution in [0.2, 0.25) is 0 Å². The van der Waals surface area contributed by atoms with E-state index in [0.717, 1.165) is 16.1 Å². The third-order valence-electron chi connectivity index (χ3n) is 3.71. The number of amides is 2.